The summed E-state index contributed by atoms with van der Waals surface area (Å²) in [6, 6.07) is 0. The summed E-state index contributed by atoms with van der Waals surface area (Å²) in [5, 5.41) is 0. The van der Waals surface area contributed by atoms with Crippen molar-refractivity contribution < 1.29 is 14.3 Å². The normalized spacial score (nSPS) is 28.3. The quantitative estimate of drug-likeness (QED) is 0.414. The van der Waals surface area contributed by atoms with E-state index in [0.717, 1.165) is 0 Å². The van der Waals surface area contributed by atoms with Crippen LogP contribution in [0.5, 0.6) is 0 Å². The van der Waals surface area contributed by atoms with Crippen LogP contribution in [0.2, 0.25) is 0 Å². The fourth-order valence-corrected chi connectivity index (χ4v) is 1.26. The van der Waals surface area contributed by atoms with Gasteiger partial charge in [0.05, 0.1) is 6.61 Å². The van der Waals surface area contributed by atoms with Gasteiger partial charge in [-0.15, -0.1) is 0 Å². The minimum Gasteiger partial charge on any atom is -0.464 e. The average molecular weight is 233 g/mol. The van der Waals surface area contributed by atoms with Crippen LogP contribution >= 0.6 is 34.8 Å². The Hall–Kier alpha value is 0.300. The Morgan fingerprint density at radius 3 is 2.50 bits per heavy atom. The van der Waals surface area contributed by atoms with E-state index >= 15 is 0 Å². The summed E-state index contributed by atoms with van der Waals surface area (Å²) in [4.78, 5) is 10.9. The van der Waals surface area contributed by atoms with Gasteiger partial charge in [-0.3, -0.25) is 0 Å². The third-order valence-corrected chi connectivity index (χ3v) is 1.98. The Balaban J connectivity index is 2.37. The molecule has 6 heteroatoms. The van der Waals surface area contributed by atoms with E-state index in [1.54, 1.807) is 6.92 Å². The first-order valence-electron chi connectivity index (χ1n) is 3.35. The molecule has 0 amide bonds. The van der Waals surface area contributed by atoms with Crippen molar-refractivity contribution in [1.29, 1.82) is 0 Å². The third-order valence-electron chi connectivity index (χ3n) is 1.33. The highest BCUT2D eigenvalue weighted by Crippen LogP contribution is 2.43. The molecule has 0 N–H and O–H groups in total. The zero-order valence-corrected chi connectivity index (χ0v) is 8.49. The van der Waals surface area contributed by atoms with Crippen LogP contribution in [0.3, 0.4) is 0 Å². The maximum atomic E-state index is 10.9. The van der Waals surface area contributed by atoms with Gasteiger partial charge in [-0.05, 0) is 6.92 Å². The van der Waals surface area contributed by atoms with E-state index in [-0.39, 0.29) is 0 Å². The highest BCUT2D eigenvalue weighted by molar-refractivity contribution is 6.68. The zero-order chi connectivity index (χ0) is 9.35. The van der Waals surface area contributed by atoms with Crippen LogP contribution in [0.15, 0.2) is 0 Å². The van der Waals surface area contributed by atoms with Gasteiger partial charge in [-0.2, -0.15) is 0 Å². The molecule has 0 radical (unpaired) electrons. The third kappa shape index (κ3) is 2.39. The number of carbonyl (C=O) groups is 1. The van der Waals surface area contributed by atoms with Crippen LogP contribution in [0, 0.1) is 0 Å². The lowest BCUT2D eigenvalue weighted by atomic mass is 10.3. The molecule has 1 aliphatic heterocycles. The van der Waals surface area contributed by atoms with Gasteiger partial charge in [0.2, 0.25) is 3.79 Å². The number of epoxide rings is 1. The monoisotopic (exact) mass is 232 g/mol. The number of hydrogen-bond donors (Lipinski definition) is 0. The van der Waals surface area contributed by atoms with E-state index in [9.17, 15) is 4.79 Å². The molecule has 70 valence electrons. The van der Waals surface area contributed by atoms with Gasteiger partial charge >= 0.3 is 5.97 Å². The van der Waals surface area contributed by atoms with E-state index in [4.69, 9.17) is 39.5 Å². The SMILES string of the molecule is CCOC(=O)[C@H]1O[C@@H]1C(Cl)(Cl)Cl. The highest BCUT2D eigenvalue weighted by Gasteiger charge is 2.57. The van der Waals surface area contributed by atoms with Crippen LogP contribution in [0.1, 0.15) is 6.92 Å². The molecular formula is C6H7Cl3O3. The lowest BCUT2D eigenvalue weighted by Gasteiger charge is -2.04. The highest BCUT2D eigenvalue weighted by atomic mass is 35.6. The number of halogens is 3. The number of hydrogen-bond acceptors (Lipinski definition) is 3. The summed E-state index contributed by atoms with van der Waals surface area (Å²) in [6.45, 7) is 2.00. The molecule has 0 aromatic heterocycles. The standard InChI is InChI=1S/C6H7Cl3O3/c1-2-11-5(10)3-4(12-3)6(7,8)9/h3-4H,2H2,1H3/t3-,4-/m0/s1. The molecule has 1 rings (SSSR count). The number of ether oxygens (including phenoxy) is 2. The predicted molar refractivity (Wildman–Crippen MR) is 45.6 cm³/mol. The molecule has 2 atom stereocenters. The molecule has 0 aromatic carbocycles. The van der Waals surface area contributed by atoms with Gasteiger partial charge < -0.3 is 9.47 Å². The van der Waals surface area contributed by atoms with Crippen molar-refractivity contribution in [1.82, 2.24) is 0 Å². The molecule has 1 aliphatic rings. The first-order valence-corrected chi connectivity index (χ1v) is 4.49. The van der Waals surface area contributed by atoms with Crippen molar-refractivity contribution in [3.63, 3.8) is 0 Å². The summed E-state index contributed by atoms with van der Waals surface area (Å²) in [5.74, 6) is -0.478. The first kappa shape index (κ1) is 10.4. The van der Waals surface area contributed by atoms with Gasteiger partial charge in [0.15, 0.2) is 6.10 Å². The molecule has 0 aliphatic carbocycles. The molecule has 1 fully saturated rings. The Morgan fingerprint density at radius 1 is 1.58 bits per heavy atom. The molecule has 0 spiro atoms. The molecule has 0 unspecified atom stereocenters. The summed E-state index contributed by atoms with van der Waals surface area (Å²) >= 11 is 16.4. The van der Waals surface area contributed by atoms with E-state index in [2.05, 4.69) is 4.74 Å². The van der Waals surface area contributed by atoms with Crippen molar-refractivity contribution >= 4 is 40.8 Å². The topological polar surface area (TPSA) is 38.8 Å². The Morgan fingerprint density at radius 2 is 2.17 bits per heavy atom. The molecule has 1 saturated heterocycles. The summed E-state index contributed by atoms with van der Waals surface area (Å²) < 4.78 is 7.93. The predicted octanol–water partition coefficient (Wildman–Crippen LogP) is 1.69. The average Bonchev–Trinajstić information content (AvgIpc) is 2.62. The second-order valence-corrected chi connectivity index (χ2v) is 4.64. The van der Waals surface area contributed by atoms with Crippen molar-refractivity contribution in [2.24, 2.45) is 0 Å². The molecule has 3 nitrogen and oxygen atoms in total. The van der Waals surface area contributed by atoms with Gasteiger partial charge in [0.1, 0.15) is 6.10 Å². The van der Waals surface area contributed by atoms with Crippen LogP contribution in [0.25, 0.3) is 0 Å². The second-order valence-electron chi connectivity index (χ2n) is 2.27. The summed E-state index contributed by atoms with van der Waals surface area (Å²) in [5.41, 5.74) is 0. The van der Waals surface area contributed by atoms with E-state index in [1.165, 1.54) is 0 Å². The van der Waals surface area contributed by atoms with Gasteiger partial charge in [0, 0.05) is 0 Å². The molecule has 0 saturated carbocycles. The lowest BCUT2D eigenvalue weighted by molar-refractivity contribution is -0.144. The second kappa shape index (κ2) is 3.58. The molecule has 0 aromatic rings. The van der Waals surface area contributed by atoms with Crippen molar-refractivity contribution in [3.8, 4) is 0 Å². The van der Waals surface area contributed by atoms with Crippen LogP contribution in [-0.4, -0.2) is 28.6 Å². The van der Waals surface area contributed by atoms with E-state index in [0.29, 0.717) is 6.61 Å². The van der Waals surface area contributed by atoms with Crippen LogP contribution in [-0.2, 0) is 14.3 Å². The minimum absolute atomic E-state index is 0.297. The summed E-state index contributed by atoms with van der Waals surface area (Å²) in [7, 11) is 0. The Kier molecular flexibility index (Phi) is 3.10. The fourth-order valence-electron chi connectivity index (χ4n) is 0.765. The zero-order valence-electron chi connectivity index (χ0n) is 6.22. The van der Waals surface area contributed by atoms with Gasteiger partial charge in [-0.1, -0.05) is 34.8 Å². The van der Waals surface area contributed by atoms with Crippen LogP contribution in [0.4, 0.5) is 0 Å². The number of rotatable bonds is 2. The molecule has 1 heterocycles. The van der Waals surface area contributed by atoms with Crippen LogP contribution < -0.4 is 0 Å². The largest absolute Gasteiger partial charge is 0.464 e. The Labute approximate surface area is 84.9 Å². The summed E-state index contributed by atoms with van der Waals surface area (Å²) in [6.07, 6.45) is -1.38. The van der Waals surface area contributed by atoms with Crippen molar-refractivity contribution in [2.75, 3.05) is 6.61 Å². The number of carbonyl (C=O) groups excluding carboxylic acids is 1. The number of esters is 1. The smallest absolute Gasteiger partial charge is 0.338 e. The molecule has 12 heavy (non-hydrogen) atoms. The molecule has 0 bridgehead atoms. The number of alkyl halides is 3. The maximum absolute atomic E-state index is 10.9. The van der Waals surface area contributed by atoms with Crippen molar-refractivity contribution in [2.45, 2.75) is 22.9 Å². The van der Waals surface area contributed by atoms with E-state index in [1.807, 2.05) is 0 Å². The van der Waals surface area contributed by atoms with Crippen molar-refractivity contribution in [3.05, 3.63) is 0 Å². The van der Waals surface area contributed by atoms with E-state index < -0.39 is 22.0 Å². The maximum Gasteiger partial charge on any atom is 0.338 e. The van der Waals surface area contributed by atoms with Gasteiger partial charge in [-0.25, -0.2) is 4.79 Å². The first-order chi connectivity index (χ1) is 5.46. The molecular weight excluding hydrogens is 226 g/mol. The minimum atomic E-state index is -1.54. The Bertz CT molecular complexity index is 189. The fraction of sp³-hybridized carbons (Fsp3) is 0.833. The lowest BCUT2D eigenvalue weighted by Crippen LogP contribution is -2.21. The van der Waals surface area contributed by atoms with Gasteiger partial charge in [0.25, 0.3) is 0 Å².